The third-order valence-corrected chi connectivity index (χ3v) is 6.83. The van der Waals surface area contributed by atoms with Crippen molar-refractivity contribution in [3.05, 3.63) is 50.9 Å². The van der Waals surface area contributed by atoms with Crippen LogP contribution in [0.15, 0.2) is 23.0 Å². The van der Waals surface area contributed by atoms with Crippen molar-refractivity contribution in [2.75, 3.05) is 11.6 Å². The molecule has 0 amide bonds. The molecule has 4 rings (SSSR count). The van der Waals surface area contributed by atoms with Crippen molar-refractivity contribution in [1.82, 2.24) is 14.5 Å². The standard InChI is InChI=1S/C24H34N4O/c1-5-22-19(4)25-24-27(21-13-12-17(2)18(3)14-21)15-26(16-28(24)23(22)29)20-10-8-6-7-9-11-20/h12-14,20H,5-11,15-16H2,1-4H3. The van der Waals surface area contributed by atoms with Gasteiger partial charge in [-0.1, -0.05) is 38.7 Å². The van der Waals surface area contributed by atoms with Gasteiger partial charge in [0, 0.05) is 23.0 Å². The topological polar surface area (TPSA) is 41.4 Å². The SMILES string of the molecule is CCc1c(C)nc2n(c1=O)CN(C1CCCCCC1)CN2c1ccc(C)c(C)c1. The van der Waals surface area contributed by atoms with Gasteiger partial charge in [-0.2, -0.15) is 0 Å². The van der Waals surface area contributed by atoms with Crippen LogP contribution < -0.4 is 10.5 Å². The monoisotopic (exact) mass is 394 g/mol. The number of fused-ring (bicyclic) bond motifs is 1. The lowest BCUT2D eigenvalue weighted by molar-refractivity contribution is 0.123. The fraction of sp³-hybridized carbons (Fsp3) is 0.583. The molecule has 1 aromatic carbocycles. The molecule has 0 N–H and O–H groups in total. The van der Waals surface area contributed by atoms with E-state index in [9.17, 15) is 4.79 Å². The highest BCUT2D eigenvalue weighted by Crippen LogP contribution is 2.32. The predicted molar refractivity (Wildman–Crippen MR) is 119 cm³/mol. The van der Waals surface area contributed by atoms with Crippen LogP contribution in [0.25, 0.3) is 0 Å². The van der Waals surface area contributed by atoms with E-state index in [1.807, 2.05) is 18.4 Å². The molecule has 2 aliphatic rings. The van der Waals surface area contributed by atoms with E-state index in [0.29, 0.717) is 12.7 Å². The maximum absolute atomic E-state index is 13.3. The summed E-state index contributed by atoms with van der Waals surface area (Å²) in [6, 6.07) is 7.10. The van der Waals surface area contributed by atoms with Crippen LogP contribution in [-0.2, 0) is 13.1 Å². The van der Waals surface area contributed by atoms with Crippen LogP contribution >= 0.6 is 0 Å². The molecule has 156 valence electrons. The van der Waals surface area contributed by atoms with Gasteiger partial charge in [0.1, 0.15) is 0 Å². The van der Waals surface area contributed by atoms with E-state index in [1.165, 1.54) is 49.7 Å². The Morgan fingerprint density at radius 2 is 1.72 bits per heavy atom. The number of benzene rings is 1. The third-order valence-electron chi connectivity index (χ3n) is 6.83. The van der Waals surface area contributed by atoms with E-state index in [0.717, 1.165) is 36.0 Å². The second-order valence-corrected chi connectivity index (χ2v) is 8.78. The van der Waals surface area contributed by atoms with Crippen LogP contribution in [0.4, 0.5) is 11.6 Å². The quantitative estimate of drug-likeness (QED) is 0.700. The second kappa shape index (κ2) is 8.31. The summed E-state index contributed by atoms with van der Waals surface area (Å²) in [7, 11) is 0. The first-order valence-corrected chi connectivity index (χ1v) is 11.2. The molecule has 0 saturated heterocycles. The molecule has 0 spiro atoms. The molecule has 0 bridgehead atoms. The lowest BCUT2D eigenvalue weighted by Crippen LogP contribution is -2.51. The predicted octanol–water partition coefficient (Wildman–Crippen LogP) is 4.82. The van der Waals surface area contributed by atoms with Crippen LogP contribution in [0.1, 0.15) is 67.8 Å². The minimum absolute atomic E-state index is 0.127. The molecule has 29 heavy (non-hydrogen) atoms. The molecule has 5 nitrogen and oxygen atoms in total. The summed E-state index contributed by atoms with van der Waals surface area (Å²) in [5, 5.41) is 0. The summed E-state index contributed by atoms with van der Waals surface area (Å²) in [6.45, 7) is 9.76. The van der Waals surface area contributed by atoms with Gasteiger partial charge in [-0.3, -0.25) is 19.2 Å². The summed E-state index contributed by atoms with van der Waals surface area (Å²) >= 11 is 0. The van der Waals surface area contributed by atoms with Gasteiger partial charge in [-0.05, 0) is 63.3 Å². The first kappa shape index (κ1) is 20.1. The second-order valence-electron chi connectivity index (χ2n) is 8.78. The van der Waals surface area contributed by atoms with Crippen molar-refractivity contribution >= 4 is 11.6 Å². The highest BCUT2D eigenvalue weighted by molar-refractivity contribution is 5.60. The summed E-state index contributed by atoms with van der Waals surface area (Å²) in [6.07, 6.45) is 8.43. The highest BCUT2D eigenvalue weighted by Gasteiger charge is 2.31. The van der Waals surface area contributed by atoms with Gasteiger partial charge in [0.25, 0.3) is 5.56 Å². The van der Waals surface area contributed by atoms with Crippen LogP contribution in [0, 0.1) is 20.8 Å². The van der Waals surface area contributed by atoms with Crippen molar-refractivity contribution in [3.8, 4) is 0 Å². The van der Waals surface area contributed by atoms with Gasteiger partial charge in [-0.25, -0.2) is 4.98 Å². The van der Waals surface area contributed by atoms with Crippen molar-refractivity contribution in [3.63, 3.8) is 0 Å². The van der Waals surface area contributed by atoms with Crippen LogP contribution in [0.2, 0.25) is 0 Å². The fourth-order valence-corrected chi connectivity index (χ4v) is 4.84. The van der Waals surface area contributed by atoms with Crippen molar-refractivity contribution < 1.29 is 0 Å². The molecular formula is C24H34N4O. The lowest BCUT2D eigenvalue weighted by Gasteiger charge is -2.42. The molecule has 1 aliphatic heterocycles. The van der Waals surface area contributed by atoms with Crippen molar-refractivity contribution in [2.45, 2.75) is 85.4 Å². The molecule has 0 unspecified atom stereocenters. The minimum Gasteiger partial charge on any atom is -0.298 e. The zero-order valence-electron chi connectivity index (χ0n) is 18.4. The smallest absolute Gasteiger partial charge is 0.259 e. The Hall–Kier alpha value is -2.14. The Labute approximate surface area is 174 Å². The molecule has 5 heteroatoms. The van der Waals surface area contributed by atoms with Gasteiger partial charge < -0.3 is 0 Å². The average Bonchev–Trinajstić information content (AvgIpc) is 2.99. The van der Waals surface area contributed by atoms with E-state index in [2.05, 4.69) is 41.8 Å². The number of hydrogen-bond donors (Lipinski definition) is 0. The molecule has 2 heterocycles. The Kier molecular flexibility index (Phi) is 5.77. The van der Waals surface area contributed by atoms with Crippen molar-refractivity contribution in [1.29, 1.82) is 0 Å². The maximum Gasteiger partial charge on any atom is 0.259 e. The summed E-state index contributed by atoms with van der Waals surface area (Å²) in [5.41, 5.74) is 5.51. The van der Waals surface area contributed by atoms with Crippen LogP contribution in [0.5, 0.6) is 0 Å². The molecule has 1 aromatic heterocycles. The molecular weight excluding hydrogens is 360 g/mol. The number of hydrogen-bond acceptors (Lipinski definition) is 4. The van der Waals surface area contributed by atoms with E-state index in [4.69, 9.17) is 4.98 Å². The van der Waals surface area contributed by atoms with Gasteiger partial charge in [0.05, 0.1) is 13.3 Å². The summed E-state index contributed by atoms with van der Waals surface area (Å²) in [5.74, 6) is 0.790. The number of aryl methyl sites for hydroxylation is 3. The van der Waals surface area contributed by atoms with E-state index in [-0.39, 0.29) is 5.56 Å². The third kappa shape index (κ3) is 3.85. The number of nitrogens with zero attached hydrogens (tertiary/aromatic N) is 4. The van der Waals surface area contributed by atoms with Crippen LogP contribution in [-0.4, -0.2) is 27.2 Å². The fourth-order valence-electron chi connectivity index (χ4n) is 4.84. The van der Waals surface area contributed by atoms with Crippen LogP contribution in [0.3, 0.4) is 0 Å². The molecule has 1 saturated carbocycles. The van der Waals surface area contributed by atoms with E-state index in [1.54, 1.807) is 0 Å². The highest BCUT2D eigenvalue weighted by atomic mass is 16.1. The molecule has 0 atom stereocenters. The molecule has 0 radical (unpaired) electrons. The van der Waals surface area contributed by atoms with Gasteiger partial charge in [0.15, 0.2) is 0 Å². The van der Waals surface area contributed by atoms with Gasteiger partial charge in [-0.15, -0.1) is 0 Å². The number of anilines is 2. The first-order chi connectivity index (χ1) is 14.0. The van der Waals surface area contributed by atoms with E-state index < -0.39 is 0 Å². The zero-order chi connectivity index (χ0) is 20.5. The maximum atomic E-state index is 13.3. The minimum atomic E-state index is 0.127. The van der Waals surface area contributed by atoms with E-state index >= 15 is 0 Å². The normalized spacial score (nSPS) is 18.6. The molecule has 1 fully saturated rings. The Morgan fingerprint density at radius 1 is 1.00 bits per heavy atom. The number of aromatic nitrogens is 2. The Bertz CT molecular complexity index is 941. The largest absolute Gasteiger partial charge is 0.298 e. The Balaban J connectivity index is 1.81. The zero-order valence-corrected chi connectivity index (χ0v) is 18.4. The summed E-state index contributed by atoms with van der Waals surface area (Å²) < 4.78 is 1.91. The lowest BCUT2D eigenvalue weighted by atomic mass is 10.1. The Morgan fingerprint density at radius 3 is 2.38 bits per heavy atom. The van der Waals surface area contributed by atoms with Gasteiger partial charge in [0.2, 0.25) is 5.95 Å². The van der Waals surface area contributed by atoms with Gasteiger partial charge >= 0.3 is 0 Å². The number of rotatable bonds is 3. The average molecular weight is 395 g/mol. The first-order valence-electron chi connectivity index (χ1n) is 11.2. The molecule has 2 aromatic rings. The summed E-state index contributed by atoms with van der Waals surface area (Å²) in [4.78, 5) is 23.0. The van der Waals surface area contributed by atoms with Crippen molar-refractivity contribution in [2.24, 2.45) is 0 Å². The molecule has 1 aliphatic carbocycles.